The third-order valence-electron chi connectivity index (χ3n) is 2.41. The summed E-state index contributed by atoms with van der Waals surface area (Å²) in [6.45, 7) is 0.657. The van der Waals surface area contributed by atoms with Gasteiger partial charge in [-0.25, -0.2) is 0 Å². The highest BCUT2D eigenvalue weighted by molar-refractivity contribution is 9.10. The molecule has 1 saturated heterocycles. The van der Waals surface area contributed by atoms with Gasteiger partial charge in [0.2, 0.25) is 0 Å². The van der Waals surface area contributed by atoms with Crippen molar-refractivity contribution in [3.8, 4) is 0 Å². The van der Waals surface area contributed by atoms with Gasteiger partial charge < -0.3 is 10.1 Å². The molecule has 1 aromatic carbocycles. The van der Waals surface area contributed by atoms with Crippen LogP contribution >= 0.6 is 27.5 Å². The Morgan fingerprint density at radius 3 is 3.06 bits per heavy atom. The second-order valence-electron chi connectivity index (χ2n) is 3.62. The molecule has 1 atom stereocenters. The van der Waals surface area contributed by atoms with E-state index in [9.17, 15) is 4.79 Å². The van der Waals surface area contributed by atoms with E-state index in [1.165, 1.54) is 0 Å². The standard InChI is InChI=1S/C11H11BrClNO2/c12-7-3-4-8(13)9(6-7)14-11(15)10-2-1-5-16-10/h3-4,6,10H,1-2,5H2,(H,14,15)/t10-/m1/s1. The molecule has 0 aliphatic carbocycles. The first-order valence-corrected chi connectivity index (χ1v) is 6.21. The number of ether oxygens (including phenoxy) is 1. The van der Waals surface area contributed by atoms with Gasteiger partial charge >= 0.3 is 0 Å². The fourth-order valence-corrected chi connectivity index (χ4v) is 2.12. The van der Waals surface area contributed by atoms with Crippen molar-refractivity contribution in [2.24, 2.45) is 0 Å². The molecule has 16 heavy (non-hydrogen) atoms. The van der Waals surface area contributed by atoms with Gasteiger partial charge in [-0.15, -0.1) is 0 Å². The number of anilines is 1. The molecule has 1 aliphatic rings. The number of amides is 1. The van der Waals surface area contributed by atoms with Crippen molar-refractivity contribution in [3.05, 3.63) is 27.7 Å². The van der Waals surface area contributed by atoms with E-state index in [2.05, 4.69) is 21.2 Å². The molecule has 1 heterocycles. The molecule has 3 nitrogen and oxygen atoms in total. The molecule has 5 heteroatoms. The van der Waals surface area contributed by atoms with E-state index in [-0.39, 0.29) is 12.0 Å². The van der Waals surface area contributed by atoms with Crippen molar-refractivity contribution >= 4 is 39.1 Å². The number of halogens is 2. The van der Waals surface area contributed by atoms with Crippen molar-refractivity contribution in [3.63, 3.8) is 0 Å². The van der Waals surface area contributed by atoms with Gasteiger partial charge in [-0.2, -0.15) is 0 Å². The number of rotatable bonds is 2. The number of carbonyl (C=O) groups is 1. The Hall–Kier alpha value is -0.580. The molecular weight excluding hydrogens is 293 g/mol. The normalized spacial score (nSPS) is 19.8. The number of hydrogen-bond donors (Lipinski definition) is 1. The maximum Gasteiger partial charge on any atom is 0.253 e. The minimum Gasteiger partial charge on any atom is -0.368 e. The van der Waals surface area contributed by atoms with Gasteiger partial charge in [0, 0.05) is 11.1 Å². The van der Waals surface area contributed by atoms with Crippen LogP contribution in [0.3, 0.4) is 0 Å². The highest BCUT2D eigenvalue weighted by Gasteiger charge is 2.23. The molecule has 86 valence electrons. The smallest absolute Gasteiger partial charge is 0.253 e. The van der Waals surface area contributed by atoms with E-state index >= 15 is 0 Å². The summed E-state index contributed by atoms with van der Waals surface area (Å²) in [5, 5.41) is 3.29. The molecule has 1 aliphatic heterocycles. The van der Waals surface area contributed by atoms with Gasteiger partial charge in [0.25, 0.3) is 5.91 Å². The zero-order valence-corrected chi connectivity index (χ0v) is 10.8. The SMILES string of the molecule is O=C(Nc1cc(Br)ccc1Cl)[C@H]1CCCO1. The quantitative estimate of drug-likeness (QED) is 0.911. The van der Waals surface area contributed by atoms with Crippen LogP contribution in [0.1, 0.15) is 12.8 Å². The van der Waals surface area contributed by atoms with E-state index in [1.54, 1.807) is 12.1 Å². The summed E-state index contributed by atoms with van der Waals surface area (Å²) < 4.78 is 6.16. The Bertz CT molecular complexity index is 405. The number of carbonyl (C=O) groups excluding carboxylic acids is 1. The van der Waals surface area contributed by atoms with E-state index in [0.717, 1.165) is 17.3 Å². The average molecular weight is 305 g/mol. The average Bonchev–Trinajstić information content (AvgIpc) is 2.76. The Labute approximate surface area is 107 Å². The lowest BCUT2D eigenvalue weighted by atomic mass is 10.2. The van der Waals surface area contributed by atoms with Crippen molar-refractivity contribution in [1.29, 1.82) is 0 Å². The largest absolute Gasteiger partial charge is 0.368 e. The lowest BCUT2D eigenvalue weighted by Gasteiger charge is -2.11. The van der Waals surface area contributed by atoms with Gasteiger partial charge in [0.1, 0.15) is 6.10 Å². The topological polar surface area (TPSA) is 38.3 Å². The van der Waals surface area contributed by atoms with Crippen LogP contribution in [-0.4, -0.2) is 18.6 Å². The summed E-state index contributed by atoms with van der Waals surface area (Å²) in [4.78, 5) is 11.8. The van der Waals surface area contributed by atoms with Crippen LogP contribution in [0.25, 0.3) is 0 Å². The summed E-state index contributed by atoms with van der Waals surface area (Å²) in [5.74, 6) is -0.127. The van der Waals surface area contributed by atoms with Crippen molar-refractivity contribution in [2.75, 3.05) is 11.9 Å². The molecule has 0 saturated carbocycles. The molecule has 1 fully saturated rings. The van der Waals surface area contributed by atoms with Crippen LogP contribution in [-0.2, 0) is 9.53 Å². The molecule has 0 aromatic heterocycles. The van der Waals surface area contributed by atoms with Gasteiger partial charge in [0.15, 0.2) is 0 Å². The first-order valence-electron chi connectivity index (χ1n) is 5.04. The zero-order chi connectivity index (χ0) is 11.5. The third-order valence-corrected chi connectivity index (χ3v) is 3.23. The molecule has 1 N–H and O–H groups in total. The van der Waals surface area contributed by atoms with Crippen LogP contribution in [0, 0.1) is 0 Å². The van der Waals surface area contributed by atoms with Crippen LogP contribution in [0.5, 0.6) is 0 Å². The highest BCUT2D eigenvalue weighted by Crippen LogP contribution is 2.26. The Morgan fingerprint density at radius 2 is 2.38 bits per heavy atom. The molecule has 1 amide bonds. The summed E-state index contributed by atoms with van der Waals surface area (Å²) in [5.41, 5.74) is 0.608. The maximum absolute atomic E-state index is 11.8. The summed E-state index contributed by atoms with van der Waals surface area (Å²) in [6, 6.07) is 5.33. The van der Waals surface area contributed by atoms with Gasteiger partial charge in [0.05, 0.1) is 10.7 Å². The lowest BCUT2D eigenvalue weighted by Crippen LogP contribution is -2.26. The minimum absolute atomic E-state index is 0.127. The molecule has 0 radical (unpaired) electrons. The zero-order valence-electron chi connectivity index (χ0n) is 8.50. The minimum atomic E-state index is -0.338. The Morgan fingerprint density at radius 1 is 1.56 bits per heavy atom. The first kappa shape index (κ1) is 11.9. The molecule has 0 unspecified atom stereocenters. The highest BCUT2D eigenvalue weighted by atomic mass is 79.9. The van der Waals surface area contributed by atoms with Crippen LogP contribution < -0.4 is 5.32 Å². The Kier molecular flexibility index (Phi) is 3.84. The van der Waals surface area contributed by atoms with Crippen LogP contribution in [0.15, 0.2) is 22.7 Å². The molecule has 1 aromatic rings. The second-order valence-corrected chi connectivity index (χ2v) is 4.94. The fourth-order valence-electron chi connectivity index (χ4n) is 1.59. The van der Waals surface area contributed by atoms with E-state index in [1.807, 2.05) is 6.07 Å². The van der Waals surface area contributed by atoms with Gasteiger partial charge in [-0.1, -0.05) is 27.5 Å². The molecule has 2 rings (SSSR count). The molecule has 0 bridgehead atoms. The molecular formula is C11H11BrClNO2. The predicted molar refractivity (Wildman–Crippen MR) is 66.8 cm³/mol. The maximum atomic E-state index is 11.8. The first-order chi connectivity index (χ1) is 7.66. The van der Waals surface area contributed by atoms with Gasteiger partial charge in [-0.3, -0.25) is 4.79 Å². The van der Waals surface area contributed by atoms with Gasteiger partial charge in [-0.05, 0) is 31.0 Å². The number of hydrogen-bond acceptors (Lipinski definition) is 2. The van der Waals surface area contributed by atoms with Crippen molar-refractivity contribution in [2.45, 2.75) is 18.9 Å². The van der Waals surface area contributed by atoms with E-state index in [0.29, 0.717) is 17.3 Å². The Balaban J connectivity index is 2.07. The van der Waals surface area contributed by atoms with E-state index in [4.69, 9.17) is 16.3 Å². The second kappa shape index (κ2) is 5.17. The van der Waals surface area contributed by atoms with Crippen LogP contribution in [0.4, 0.5) is 5.69 Å². The summed E-state index contributed by atoms with van der Waals surface area (Å²) in [6.07, 6.45) is 1.37. The fraction of sp³-hybridized carbons (Fsp3) is 0.364. The van der Waals surface area contributed by atoms with E-state index < -0.39 is 0 Å². The third kappa shape index (κ3) is 2.75. The molecule has 0 spiro atoms. The monoisotopic (exact) mass is 303 g/mol. The van der Waals surface area contributed by atoms with Crippen LogP contribution in [0.2, 0.25) is 5.02 Å². The number of nitrogens with one attached hydrogen (secondary N) is 1. The predicted octanol–water partition coefficient (Wildman–Crippen LogP) is 3.22. The lowest BCUT2D eigenvalue weighted by molar-refractivity contribution is -0.124. The summed E-state index contributed by atoms with van der Waals surface area (Å²) >= 11 is 9.30. The van der Waals surface area contributed by atoms with Crippen molar-refractivity contribution < 1.29 is 9.53 Å². The summed E-state index contributed by atoms with van der Waals surface area (Å²) in [7, 11) is 0. The van der Waals surface area contributed by atoms with Crippen molar-refractivity contribution in [1.82, 2.24) is 0 Å². The number of benzene rings is 1.